The Kier molecular flexibility index (Phi) is 6.96. The van der Waals surface area contributed by atoms with E-state index in [1.165, 1.54) is 15.6 Å². The molecule has 1 atom stereocenters. The summed E-state index contributed by atoms with van der Waals surface area (Å²) in [6, 6.07) is 17.1. The number of para-hydroxylation sites is 1. The van der Waals surface area contributed by atoms with Gasteiger partial charge in [0.1, 0.15) is 0 Å². The van der Waals surface area contributed by atoms with Gasteiger partial charge in [0.05, 0.1) is 28.6 Å². The van der Waals surface area contributed by atoms with E-state index in [1.54, 1.807) is 4.90 Å². The monoisotopic (exact) mass is 499 g/mol. The van der Waals surface area contributed by atoms with Crippen molar-refractivity contribution in [3.05, 3.63) is 60.2 Å². The van der Waals surface area contributed by atoms with E-state index in [9.17, 15) is 13.2 Å². The van der Waals surface area contributed by atoms with Crippen LogP contribution in [-0.2, 0) is 25.3 Å². The quantitative estimate of drug-likeness (QED) is 0.490. The maximum atomic E-state index is 13.7. The van der Waals surface area contributed by atoms with Crippen molar-refractivity contribution in [3.63, 3.8) is 0 Å². The molecule has 1 aromatic heterocycles. The lowest BCUT2D eigenvalue weighted by Gasteiger charge is -2.33. The van der Waals surface area contributed by atoms with Crippen molar-refractivity contribution in [2.24, 2.45) is 5.92 Å². The first-order chi connectivity index (χ1) is 16.5. The molecular weight excluding hydrogens is 470 g/mol. The number of fused-ring (bicyclic) bond motifs is 1. The molecule has 0 N–H and O–H groups in total. The van der Waals surface area contributed by atoms with Crippen LogP contribution in [0.5, 0.6) is 0 Å². The van der Waals surface area contributed by atoms with Gasteiger partial charge in [0, 0.05) is 25.6 Å². The standard InChI is InChI=1S/C25H29N3O4S2/c29-24(20-12-14-27(15-13-20)34(30,31)18-19-7-2-1-3-8-19)28(17-21-9-6-16-32-21)25-26-22-10-4-5-11-23(22)33-25/h1-5,7-8,10-11,20-21H,6,9,12-18H2. The molecule has 5 rings (SSSR count). The van der Waals surface area contributed by atoms with Crippen LogP contribution in [0.4, 0.5) is 5.13 Å². The number of hydrogen-bond acceptors (Lipinski definition) is 6. The topological polar surface area (TPSA) is 79.8 Å². The first kappa shape index (κ1) is 23.4. The molecule has 0 bridgehead atoms. The van der Waals surface area contributed by atoms with Gasteiger partial charge in [0.15, 0.2) is 5.13 Å². The molecule has 2 aliphatic heterocycles. The fraction of sp³-hybridized carbons (Fsp3) is 0.440. The van der Waals surface area contributed by atoms with Crippen molar-refractivity contribution in [1.82, 2.24) is 9.29 Å². The van der Waals surface area contributed by atoms with Gasteiger partial charge in [0.25, 0.3) is 0 Å². The molecule has 1 amide bonds. The summed E-state index contributed by atoms with van der Waals surface area (Å²) < 4.78 is 34.3. The number of thiazole rings is 1. The zero-order valence-corrected chi connectivity index (χ0v) is 20.6. The molecule has 0 aliphatic carbocycles. The lowest BCUT2D eigenvalue weighted by atomic mass is 9.96. The fourth-order valence-electron chi connectivity index (χ4n) is 4.71. The van der Waals surface area contributed by atoms with E-state index < -0.39 is 10.0 Å². The van der Waals surface area contributed by atoms with Crippen LogP contribution in [0.3, 0.4) is 0 Å². The number of sulfonamides is 1. The Labute approximate surface area is 204 Å². The molecule has 2 fully saturated rings. The highest BCUT2D eigenvalue weighted by Gasteiger charge is 2.35. The van der Waals surface area contributed by atoms with Gasteiger partial charge in [0.2, 0.25) is 15.9 Å². The van der Waals surface area contributed by atoms with Gasteiger partial charge in [-0.05, 0) is 43.4 Å². The molecule has 2 aliphatic rings. The van der Waals surface area contributed by atoms with Gasteiger partial charge in [-0.25, -0.2) is 17.7 Å². The summed E-state index contributed by atoms with van der Waals surface area (Å²) >= 11 is 1.52. The van der Waals surface area contributed by atoms with Crippen molar-refractivity contribution in [2.45, 2.75) is 37.5 Å². The Morgan fingerprint density at radius 3 is 2.50 bits per heavy atom. The number of hydrogen-bond donors (Lipinski definition) is 0. The third-order valence-electron chi connectivity index (χ3n) is 6.58. The minimum Gasteiger partial charge on any atom is -0.376 e. The number of ether oxygens (including phenoxy) is 1. The highest BCUT2D eigenvalue weighted by molar-refractivity contribution is 7.88. The highest BCUT2D eigenvalue weighted by Crippen LogP contribution is 2.32. The number of carbonyl (C=O) groups is 1. The second-order valence-corrected chi connectivity index (χ2v) is 11.9. The van der Waals surface area contributed by atoms with Crippen LogP contribution in [-0.4, -0.2) is 56.0 Å². The van der Waals surface area contributed by atoms with E-state index in [1.807, 2.05) is 54.6 Å². The molecule has 180 valence electrons. The third kappa shape index (κ3) is 5.17. The van der Waals surface area contributed by atoms with Crippen molar-refractivity contribution < 1.29 is 17.9 Å². The first-order valence-corrected chi connectivity index (χ1v) is 14.2. The van der Waals surface area contributed by atoms with Crippen LogP contribution in [0.25, 0.3) is 10.2 Å². The van der Waals surface area contributed by atoms with Gasteiger partial charge in [-0.15, -0.1) is 0 Å². The second kappa shape index (κ2) is 10.1. The number of nitrogens with zero attached hydrogens (tertiary/aromatic N) is 3. The first-order valence-electron chi connectivity index (χ1n) is 11.8. The van der Waals surface area contributed by atoms with Crippen LogP contribution in [0, 0.1) is 5.92 Å². The zero-order valence-electron chi connectivity index (χ0n) is 19.0. The van der Waals surface area contributed by atoms with Crippen molar-refractivity contribution in [2.75, 3.05) is 31.1 Å². The van der Waals surface area contributed by atoms with E-state index >= 15 is 0 Å². The number of carbonyl (C=O) groups excluding carboxylic acids is 1. The number of benzene rings is 2. The fourth-order valence-corrected chi connectivity index (χ4v) is 7.25. The molecule has 7 nitrogen and oxygen atoms in total. The summed E-state index contributed by atoms with van der Waals surface area (Å²) in [4.78, 5) is 20.2. The number of aromatic nitrogens is 1. The molecule has 0 spiro atoms. The third-order valence-corrected chi connectivity index (χ3v) is 9.49. The van der Waals surface area contributed by atoms with E-state index in [2.05, 4.69) is 0 Å². The molecule has 1 unspecified atom stereocenters. The van der Waals surface area contributed by atoms with E-state index in [-0.39, 0.29) is 23.7 Å². The minimum atomic E-state index is -3.42. The molecule has 0 radical (unpaired) electrons. The molecule has 2 saturated heterocycles. The normalized spacial score (nSPS) is 20.1. The van der Waals surface area contributed by atoms with Crippen LogP contribution in [0.2, 0.25) is 0 Å². The predicted octanol–water partition coefficient (Wildman–Crippen LogP) is 4.05. The van der Waals surface area contributed by atoms with E-state index in [0.29, 0.717) is 37.6 Å². The number of piperidine rings is 1. The molecule has 9 heteroatoms. The molecule has 0 saturated carbocycles. The SMILES string of the molecule is O=C(C1CCN(S(=O)(=O)Cc2ccccc2)CC1)N(CC1CCCO1)c1nc2ccccc2s1. The van der Waals surface area contributed by atoms with Crippen molar-refractivity contribution >= 4 is 42.6 Å². The number of rotatable bonds is 7. The minimum absolute atomic E-state index is 0.0106. The van der Waals surface area contributed by atoms with Gasteiger partial charge >= 0.3 is 0 Å². The Morgan fingerprint density at radius 2 is 1.79 bits per heavy atom. The molecule has 2 aromatic carbocycles. The molecule has 3 heterocycles. The predicted molar refractivity (Wildman–Crippen MR) is 134 cm³/mol. The van der Waals surface area contributed by atoms with Gasteiger partial charge < -0.3 is 4.74 Å². The number of anilines is 1. The maximum Gasteiger partial charge on any atom is 0.232 e. The summed E-state index contributed by atoms with van der Waals surface area (Å²) in [6.45, 7) is 1.94. The van der Waals surface area contributed by atoms with Crippen molar-refractivity contribution in [1.29, 1.82) is 0 Å². The second-order valence-electron chi connectivity index (χ2n) is 8.96. The Bertz CT molecular complexity index is 1200. The average Bonchev–Trinajstić information content (AvgIpc) is 3.52. The Hall–Kier alpha value is -2.33. The summed E-state index contributed by atoms with van der Waals surface area (Å²) in [5.41, 5.74) is 1.66. The van der Waals surface area contributed by atoms with E-state index in [4.69, 9.17) is 9.72 Å². The lowest BCUT2D eigenvalue weighted by molar-refractivity contribution is -0.123. The average molecular weight is 500 g/mol. The van der Waals surface area contributed by atoms with Gasteiger partial charge in [-0.2, -0.15) is 0 Å². The summed E-state index contributed by atoms with van der Waals surface area (Å²) in [7, 11) is -3.42. The Morgan fingerprint density at radius 1 is 1.06 bits per heavy atom. The van der Waals surface area contributed by atoms with Gasteiger partial charge in [-0.1, -0.05) is 53.8 Å². The summed E-state index contributed by atoms with van der Waals surface area (Å²) in [5, 5.41) is 0.695. The smallest absolute Gasteiger partial charge is 0.232 e. The largest absolute Gasteiger partial charge is 0.376 e. The summed E-state index contributed by atoms with van der Waals surface area (Å²) in [6.07, 6.45) is 2.98. The van der Waals surface area contributed by atoms with Gasteiger partial charge in [-0.3, -0.25) is 9.69 Å². The summed E-state index contributed by atoms with van der Waals surface area (Å²) in [5.74, 6) is -0.213. The highest BCUT2D eigenvalue weighted by atomic mass is 32.2. The molecule has 3 aromatic rings. The Balaban J connectivity index is 1.29. The van der Waals surface area contributed by atoms with Crippen LogP contribution < -0.4 is 4.90 Å². The van der Waals surface area contributed by atoms with Crippen molar-refractivity contribution in [3.8, 4) is 0 Å². The van der Waals surface area contributed by atoms with Crippen LogP contribution >= 0.6 is 11.3 Å². The molecule has 34 heavy (non-hydrogen) atoms. The molecular formula is C25H29N3O4S2. The van der Waals surface area contributed by atoms with Crippen LogP contribution in [0.15, 0.2) is 54.6 Å². The number of amides is 1. The van der Waals surface area contributed by atoms with Crippen LogP contribution in [0.1, 0.15) is 31.2 Å². The lowest BCUT2D eigenvalue weighted by Crippen LogP contribution is -2.46. The maximum absolute atomic E-state index is 13.7. The van der Waals surface area contributed by atoms with E-state index in [0.717, 1.165) is 35.2 Å². The zero-order chi connectivity index (χ0) is 23.5.